The Morgan fingerprint density at radius 3 is 2.25 bits per heavy atom. The van der Waals surface area contributed by atoms with Crippen LogP contribution >= 0.6 is 0 Å². The lowest BCUT2D eigenvalue weighted by Gasteiger charge is -2.29. The first kappa shape index (κ1) is 13.1. The maximum absolute atomic E-state index is 10.2. The summed E-state index contributed by atoms with van der Waals surface area (Å²) in [5, 5.41) is 13.6. The fraction of sp³-hybridized carbons (Fsp3) is 0.615. The summed E-state index contributed by atoms with van der Waals surface area (Å²) < 4.78 is 0. The monoisotopic (exact) mass is 222 g/mol. The van der Waals surface area contributed by atoms with Gasteiger partial charge in [0.15, 0.2) is 0 Å². The van der Waals surface area contributed by atoms with Crippen molar-refractivity contribution in [3.63, 3.8) is 0 Å². The van der Waals surface area contributed by atoms with E-state index in [1.165, 1.54) is 0 Å². The number of aliphatic hydroxyl groups is 1. The average molecular weight is 222 g/mol. The van der Waals surface area contributed by atoms with E-state index in [2.05, 4.69) is 31.1 Å². The Morgan fingerprint density at radius 1 is 1.19 bits per heavy atom. The van der Waals surface area contributed by atoms with Gasteiger partial charge in [-0.25, -0.2) is 0 Å². The van der Waals surface area contributed by atoms with E-state index in [1.54, 1.807) is 12.4 Å². The predicted octanol–water partition coefficient (Wildman–Crippen LogP) is 1.76. The van der Waals surface area contributed by atoms with Gasteiger partial charge in [0.25, 0.3) is 0 Å². The van der Waals surface area contributed by atoms with Crippen molar-refractivity contribution in [3.8, 4) is 0 Å². The van der Waals surface area contributed by atoms with Gasteiger partial charge >= 0.3 is 0 Å². The second kappa shape index (κ2) is 4.93. The van der Waals surface area contributed by atoms with Crippen LogP contribution in [-0.2, 0) is 6.42 Å². The molecule has 1 rings (SSSR count). The van der Waals surface area contributed by atoms with E-state index in [1.807, 2.05) is 19.1 Å². The highest BCUT2D eigenvalue weighted by Gasteiger charge is 2.23. The molecule has 0 radical (unpaired) electrons. The summed E-state index contributed by atoms with van der Waals surface area (Å²) in [5.41, 5.74) is 0.410. The second-order valence-corrected chi connectivity index (χ2v) is 5.63. The molecule has 0 aliphatic carbocycles. The van der Waals surface area contributed by atoms with Crippen molar-refractivity contribution in [3.05, 3.63) is 30.1 Å². The van der Waals surface area contributed by atoms with Crippen LogP contribution in [0.4, 0.5) is 0 Å². The van der Waals surface area contributed by atoms with Gasteiger partial charge in [0.1, 0.15) is 0 Å². The quantitative estimate of drug-likeness (QED) is 0.816. The minimum absolute atomic E-state index is 0.0300. The van der Waals surface area contributed by atoms with Crippen LogP contribution in [0.2, 0.25) is 0 Å². The topological polar surface area (TPSA) is 45.1 Å². The number of nitrogens with zero attached hydrogens (tertiary/aromatic N) is 1. The molecule has 1 atom stereocenters. The molecule has 1 heterocycles. The Bertz CT molecular complexity index is 314. The van der Waals surface area contributed by atoms with Crippen LogP contribution in [0, 0.1) is 0 Å². The molecule has 0 aromatic carbocycles. The molecule has 3 heteroatoms. The summed E-state index contributed by atoms with van der Waals surface area (Å²) >= 11 is 0. The largest absolute Gasteiger partial charge is 0.389 e. The lowest BCUT2D eigenvalue weighted by molar-refractivity contribution is 0.0534. The number of aromatic nitrogens is 1. The Kier molecular flexibility index (Phi) is 4.05. The van der Waals surface area contributed by atoms with Gasteiger partial charge in [-0.15, -0.1) is 0 Å². The van der Waals surface area contributed by atoms with Crippen molar-refractivity contribution in [2.75, 3.05) is 6.54 Å². The van der Waals surface area contributed by atoms with E-state index in [-0.39, 0.29) is 5.54 Å². The number of rotatable bonds is 4. The lowest BCUT2D eigenvalue weighted by atomic mass is 9.96. The molecule has 0 amide bonds. The maximum atomic E-state index is 10.2. The van der Waals surface area contributed by atoms with E-state index in [9.17, 15) is 5.11 Å². The third-order valence-electron chi connectivity index (χ3n) is 2.33. The molecule has 0 saturated heterocycles. The van der Waals surface area contributed by atoms with Crippen LogP contribution < -0.4 is 5.32 Å². The smallest absolute Gasteiger partial charge is 0.0783 e. The summed E-state index contributed by atoms with van der Waals surface area (Å²) in [7, 11) is 0. The molecule has 0 aliphatic rings. The second-order valence-electron chi connectivity index (χ2n) is 5.63. The fourth-order valence-corrected chi connectivity index (χ4v) is 1.46. The van der Waals surface area contributed by atoms with Gasteiger partial charge in [0, 0.05) is 30.9 Å². The van der Waals surface area contributed by atoms with Crippen molar-refractivity contribution in [1.82, 2.24) is 10.3 Å². The van der Waals surface area contributed by atoms with Gasteiger partial charge in [0.05, 0.1) is 5.60 Å². The van der Waals surface area contributed by atoms with Crippen LogP contribution in [0.1, 0.15) is 33.3 Å². The molecule has 0 saturated carbocycles. The molecule has 0 spiro atoms. The molecule has 0 fully saturated rings. The van der Waals surface area contributed by atoms with E-state index in [0.29, 0.717) is 13.0 Å². The molecule has 3 nitrogen and oxygen atoms in total. The third-order valence-corrected chi connectivity index (χ3v) is 2.33. The van der Waals surface area contributed by atoms with Crippen LogP contribution in [0.15, 0.2) is 24.5 Å². The van der Waals surface area contributed by atoms with Crippen molar-refractivity contribution in [2.24, 2.45) is 0 Å². The summed E-state index contributed by atoms with van der Waals surface area (Å²) in [6.07, 6.45) is 4.14. The van der Waals surface area contributed by atoms with Crippen molar-refractivity contribution in [1.29, 1.82) is 0 Å². The predicted molar refractivity (Wildman–Crippen MR) is 66.3 cm³/mol. The van der Waals surface area contributed by atoms with Crippen molar-refractivity contribution in [2.45, 2.75) is 45.3 Å². The zero-order chi connectivity index (χ0) is 12.2. The van der Waals surface area contributed by atoms with E-state index in [4.69, 9.17) is 0 Å². The third kappa shape index (κ3) is 5.24. The lowest BCUT2D eigenvalue weighted by Crippen LogP contribution is -2.47. The zero-order valence-corrected chi connectivity index (χ0v) is 10.6. The Balaban J connectivity index is 2.52. The van der Waals surface area contributed by atoms with Crippen molar-refractivity contribution < 1.29 is 5.11 Å². The fourth-order valence-electron chi connectivity index (χ4n) is 1.46. The van der Waals surface area contributed by atoms with Crippen LogP contribution in [0.5, 0.6) is 0 Å². The minimum Gasteiger partial charge on any atom is -0.389 e. The Morgan fingerprint density at radius 2 is 1.75 bits per heavy atom. The molecule has 1 unspecified atom stereocenters. The minimum atomic E-state index is -0.728. The van der Waals surface area contributed by atoms with Crippen LogP contribution in [-0.4, -0.2) is 27.8 Å². The zero-order valence-electron chi connectivity index (χ0n) is 10.6. The Labute approximate surface area is 97.9 Å². The van der Waals surface area contributed by atoms with Crippen molar-refractivity contribution >= 4 is 0 Å². The molecule has 2 N–H and O–H groups in total. The first-order valence-corrected chi connectivity index (χ1v) is 5.65. The number of β-amino-alcohol motifs (C(OH)–C–C–N with tert-alkyl or cyclic N) is 1. The first-order valence-electron chi connectivity index (χ1n) is 5.65. The molecule has 1 aromatic rings. The van der Waals surface area contributed by atoms with E-state index >= 15 is 0 Å². The summed E-state index contributed by atoms with van der Waals surface area (Å²) in [6, 6.07) is 3.87. The van der Waals surface area contributed by atoms with Crippen LogP contribution in [0.25, 0.3) is 0 Å². The number of hydrogen-bond acceptors (Lipinski definition) is 3. The standard InChI is InChI=1S/C13H22N2O/c1-12(2,3)15-10-13(4,16)9-11-5-7-14-8-6-11/h5-8,15-16H,9-10H2,1-4H3. The van der Waals surface area contributed by atoms with Gasteiger partial charge in [-0.3, -0.25) is 4.98 Å². The average Bonchev–Trinajstić information content (AvgIpc) is 2.15. The summed E-state index contributed by atoms with van der Waals surface area (Å²) in [5.74, 6) is 0. The number of nitrogens with one attached hydrogen (secondary N) is 1. The molecule has 16 heavy (non-hydrogen) atoms. The van der Waals surface area contributed by atoms with E-state index in [0.717, 1.165) is 5.56 Å². The SMILES string of the molecule is CC(O)(CNC(C)(C)C)Cc1ccncc1. The molecule has 1 aromatic heterocycles. The van der Waals surface area contributed by atoms with Gasteiger partial charge in [-0.05, 0) is 45.4 Å². The number of hydrogen-bond donors (Lipinski definition) is 2. The molecule has 0 bridgehead atoms. The van der Waals surface area contributed by atoms with Gasteiger partial charge < -0.3 is 10.4 Å². The van der Waals surface area contributed by atoms with Crippen LogP contribution in [0.3, 0.4) is 0 Å². The Hall–Kier alpha value is -0.930. The normalized spacial score (nSPS) is 15.8. The van der Waals surface area contributed by atoms with Gasteiger partial charge in [0.2, 0.25) is 0 Å². The highest BCUT2D eigenvalue weighted by atomic mass is 16.3. The summed E-state index contributed by atoms with van der Waals surface area (Å²) in [6.45, 7) is 8.71. The van der Waals surface area contributed by atoms with Gasteiger partial charge in [-0.2, -0.15) is 0 Å². The maximum Gasteiger partial charge on any atom is 0.0783 e. The summed E-state index contributed by atoms with van der Waals surface area (Å²) in [4.78, 5) is 3.96. The highest BCUT2D eigenvalue weighted by molar-refractivity contribution is 5.12. The van der Waals surface area contributed by atoms with Gasteiger partial charge in [-0.1, -0.05) is 0 Å². The molecule has 90 valence electrons. The van der Waals surface area contributed by atoms with E-state index < -0.39 is 5.60 Å². The number of pyridine rings is 1. The molecular weight excluding hydrogens is 200 g/mol. The molecule has 0 aliphatic heterocycles. The highest BCUT2D eigenvalue weighted by Crippen LogP contribution is 2.13. The first-order chi connectivity index (χ1) is 7.29. The molecular formula is C13H22N2O.